The van der Waals surface area contributed by atoms with Crippen LogP contribution in [-0.4, -0.2) is 18.1 Å². The van der Waals surface area contributed by atoms with Crippen LogP contribution in [0.15, 0.2) is 23.4 Å². The van der Waals surface area contributed by atoms with E-state index in [-0.39, 0.29) is 5.82 Å². The lowest BCUT2D eigenvalue weighted by molar-refractivity contribution is -0.248. The van der Waals surface area contributed by atoms with Crippen molar-refractivity contribution in [3.8, 4) is 0 Å². The third-order valence-corrected chi connectivity index (χ3v) is 1.90. The number of aryl methyl sites for hydroxylation is 1. The first kappa shape index (κ1) is 11.1. The molecular formula is C9H12FN4O+. The maximum Gasteiger partial charge on any atom is 0.433 e. The monoisotopic (exact) mass is 211 g/mol. The van der Waals surface area contributed by atoms with Crippen molar-refractivity contribution < 1.29 is 14.7 Å². The summed E-state index contributed by atoms with van der Waals surface area (Å²) in [6, 6.07) is 3.59. The molecule has 0 heterocycles. The van der Waals surface area contributed by atoms with Gasteiger partial charge in [0.1, 0.15) is 12.9 Å². The highest BCUT2D eigenvalue weighted by molar-refractivity contribution is 5.89. The SMILES string of the molecule is Cc1cc(F)ccc1NC(=O)N(C)N=[NH2+]. The Balaban J connectivity index is 2.81. The Morgan fingerprint density at radius 3 is 2.80 bits per heavy atom. The van der Waals surface area contributed by atoms with E-state index in [2.05, 4.69) is 10.5 Å². The normalized spacial score (nSPS) is 9.53. The molecule has 0 saturated heterocycles. The summed E-state index contributed by atoms with van der Waals surface area (Å²) < 4.78 is 12.7. The largest absolute Gasteiger partial charge is 0.433 e. The van der Waals surface area contributed by atoms with Gasteiger partial charge in [0.15, 0.2) is 0 Å². The predicted molar refractivity (Wildman–Crippen MR) is 52.3 cm³/mol. The first-order valence-electron chi connectivity index (χ1n) is 4.26. The first-order chi connectivity index (χ1) is 7.04. The molecule has 1 rings (SSSR count). The zero-order valence-corrected chi connectivity index (χ0v) is 8.49. The second kappa shape index (κ2) is 4.50. The minimum atomic E-state index is -0.479. The number of hydrogen-bond acceptors (Lipinski definition) is 2. The Kier molecular flexibility index (Phi) is 3.33. The van der Waals surface area contributed by atoms with E-state index in [9.17, 15) is 9.18 Å². The van der Waals surface area contributed by atoms with Crippen molar-refractivity contribution >= 4 is 11.7 Å². The zero-order chi connectivity index (χ0) is 11.4. The molecule has 0 aliphatic heterocycles. The van der Waals surface area contributed by atoms with Crippen molar-refractivity contribution in [1.29, 1.82) is 0 Å². The number of nitrogens with zero attached hydrogens (tertiary/aromatic N) is 2. The molecule has 0 atom stereocenters. The summed E-state index contributed by atoms with van der Waals surface area (Å²) in [4.78, 5) is 11.3. The van der Waals surface area contributed by atoms with Crippen LogP contribution in [0.5, 0.6) is 0 Å². The van der Waals surface area contributed by atoms with Gasteiger partial charge in [-0.25, -0.2) is 9.18 Å². The standard InChI is InChI=1S/C9H11FN4O/c1-6-5-7(10)3-4-8(6)12-9(15)14(2)13-11/h3-5,11H,1-2H3,(H,12,15)/p+1. The van der Waals surface area contributed by atoms with Gasteiger partial charge < -0.3 is 0 Å². The number of hydrogen-bond donors (Lipinski definition) is 2. The molecule has 0 unspecified atom stereocenters. The Bertz CT molecular complexity index is 394. The van der Waals surface area contributed by atoms with Crippen LogP contribution in [0, 0.1) is 12.7 Å². The van der Waals surface area contributed by atoms with Crippen LogP contribution >= 0.6 is 0 Å². The zero-order valence-electron chi connectivity index (χ0n) is 8.49. The molecular weight excluding hydrogens is 199 g/mol. The van der Waals surface area contributed by atoms with E-state index < -0.39 is 6.03 Å². The van der Waals surface area contributed by atoms with Gasteiger partial charge in [-0.05, 0) is 30.7 Å². The Morgan fingerprint density at radius 1 is 1.60 bits per heavy atom. The molecule has 80 valence electrons. The smallest absolute Gasteiger partial charge is 0.286 e. The lowest BCUT2D eigenvalue weighted by atomic mass is 10.2. The average molecular weight is 211 g/mol. The van der Waals surface area contributed by atoms with E-state index in [0.29, 0.717) is 11.3 Å². The van der Waals surface area contributed by atoms with E-state index in [1.807, 2.05) is 0 Å². The minimum absolute atomic E-state index is 0.345. The number of rotatable bonds is 2. The summed E-state index contributed by atoms with van der Waals surface area (Å²) in [6.07, 6.45) is 0. The van der Waals surface area contributed by atoms with Gasteiger partial charge in [-0.1, -0.05) is 5.01 Å². The third-order valence-electron chi connectivity index (χ3n) is 1.90. The predicted octanol–water partition coefficient (Wildman–Crippen LogP) is 0.724. The fourth-order valence-corrected chi connectivity index (χ4v) is 1.02. The van der Waals surface area contributed by atoms with E-state index in [4.69, 9.17) is 5.53 Å². The second-order valence-corrected chi connectivity index (χ2v) is 3.03. The maximum atomic E-state index is 12.7. The molecule has 6 heteroatoms. The number of carbonyl (C=O) groups excluding carboxylic acids is 1. The van der Waals surface area contributed by atoms with Crippen molar-refractivity contribution in [3.63, 3.8) is 0 Å². The fraction of sp³-hybridized carbons (Fsp3) is 0.222. The quantitative estimate of drug-likeness (QED) is 0.549. The number of amides is 2. The number of carbonyl (C=O) groups is 1. The minimum Gasteiger partial charge on any atom is -0.286 e. The van der Waals surface area contributed by atoms with E-state index >= 15 is 0 Å². The van der Waals surface area contributed by atoms with Crippen molar-refractivity contribution in [2.75, 3.05) is 12.4 Å². The van der Waals surface area contributed by atoms with Crippen LogP contribution in [0.3, 0.4) is 0 Å². The summed E-state index contributed by atoms with van der Waals surface area (Å²) in [5.74, 6) is -0.345. The van der Waals surface area contributed by atoms with Gasteiger partial charge in [0.05, 0.1) is 5.22 Å². The summed E-state index contributed by atoms with van der Waals surface area (Å²) in [6.45, 7) is 1.69. The highest BCUT2D eigenvalue weighted by atomic mass is 19.1. The lowest BCUT2D eigenvalue weighted by Crippen LogP contribution is -2.37. The molecule has 3 N–H and O–H groups in total. The summed E-state index contributed by atoms with van der Waals surface area (Å²) in [7, 11) is 1.41. The summed E-state index contributed by atoms with van der Waals surface area (Å²) in [5, 5.41) is 6.66. The molecule has 0 saturated carbocycles. The van der Waals surface area contributed by atoms with Crippen molar-refractivity contribution in [2.24, 2.45) is 5.22 Å². The van der Waals surface area contributed by atoms with Crippen LogP contribution in [-0.2, 0) is 0 Å². The number of nitrogens with two attached hydrogens (primary N) is 1. The van der Waals surface area contributed by atoms with Gasteiger partial charge in [-0.3, -0.25) is 5.32 Å². The molecule has 5 nitrogen and oxygen atoms in total. The van der Waals surface area contributed by atoms with Gasteiger partial charge in [-0.15, -0.1) is 0 Å². The van der Waals surface area contributed by atoms with Crippen LogP contribution < -0.4 is 10.8 Å². The van der Waals surface area contributed by atoms with E-state index in [1.165, 1.54) is 25.2 Å². The molecule has 0 bridgehead atoms. The molecule has 1 aromatic rings. The molecule has 2 amide bonds. The van der Waals surface area contributed by atoms with Gasteiger partial charge in [0.25, 0.3) is 0 Å². The molecule has 1 aromatic carbocycles. The van der Waals surface area contributed by atoms with E-state index in [1.54, 1.807) is 6.92 Å². The van der Waals surface area contributed by atoms with Gasteiger partial charge in [-0.2, -0.15) is 5.53 Å². The molecule has 0 fully saturated rings. The molecule has 0 spiro atoms. The Labute approximate surface area is 86.4 Å². The van der Waals surface area contributed by atoms with Crippen molar-refractivity contribution in [2.45, 2.75) is 6.92 Å². The van der Waals surface area contributed by atoms with Crippen LogP contribution in [0.4, 0.5) is 14.9 Å². The number of urea groups is 1. The first-order valence-corrected chi connectivity index (χ1v) is 4.26. The van der Waals surface area contributed by atoms with Gasteiger partial charge in [0.2, 0.25) is 0 Å². The number of nitrogens with one attached hydrogen (secondary N) is 1. The van der Waals surface area contributed by atoms with Gasteiger partial charge in [0, 0.05) is 5.69 Å². The summed E-state index contributed by atoms with van der Waals surface area (Å²) >= 11 is 0. The van der Waals surface area contributed by atoms with Crippen LogP contribution in [0.25, 0.3) is 0 Å². The van der Waals surface area contributed by atoms with E-state index in [0.717, 1.165) is 5.01 Å². The number of halogens is 1. The second-order valence-electron chi connectivity index (χ2n) is 3.03. The lowest BCUT2D eigenvalue weighted by Gasteiger charge is -2.07. The number of benzene rings is 1. The molecule has 0 aliphatic carbocycles. The maximum absolute atomic E-state index is 12.7. The Hall–Kier alpha value is -1.98. The van der Waals surface area contributed by atoms with Crippen LogP contribution in [0.2, 0.25) is 0 Å². The van der Waals surface area contributed by atoms with Crippen LogP contribution in [0.1, 0.15) is 5.56 Å². The van der Waals surface area contributed by atoms with Crippen molar-refractivity contribution in [3.05, 3.63) is 29.6 Å². The molecule has 15 heavy (non-hydrogen) atoms. The molecule has 0 radical (unpaired) electrons. The average Bonchev–Trinajstić information content (AvgIpc) is 2.20. The highest BCUT2D eigenvalue weighted by Gasteiger charge is 2.14. The molecule has 0 aromatic heterocycles. The third kappa shape index (κ3) is 2.73. The van der Waals surface area contributed by atoms with Crippen molar-refractivity contribution in [1.82, 2.24) is 5.01 Å². The Morgan fingerprint density at radius 2 is 2.27 bits per heavy atom. The van der Waals surface area contributed by atoms with Gasteiger partial charge >= 0.3 is 6.03 Å². The number of anilines is 1. The topological polar surface area (TPSA) is 70.3 Å². The summed E-state index contributed by atoms with van der Waals surface area (Å²) in [5.41, 5.74) is 6.08. The fourth-order valence-electron chi connectivity index (χ4n) is 1.02. The molecule has 0 aliphatic rings. The highest BCUT2D eigenvalue weighted by Crippen LogP contribution is 2.15.